The van der Waals surface area contributed by atoms with E-state index in [1.54, 1.807) is 17.4 Å². The van der Waals surface area contributed by atoms with E-state index in [4.69, 9.17) is 11.6 Å². The number of anilines is 1. The predicted molar refractivity (Wildman–Crippen MR) is 129 cm³/mol. The molecular weight excluding hydrogens is 509 g/mol. The molecule has 2 aromatic rings. The Bertz CT molecular complexity index is 796. The number of carbonyl (C=O) groups excluding carboxylic acids is 1. The number of amides is 1. The van der Waals surface area contributed by atoms with Gasteiger partial charge in [-0.25, -0.2) is 4.98 Å². The number of aliphatic imine (C=N–C) groups is 1. The normalized spacial score (nSPS) is 10.9. The van der Waals surface area contributed by atoms with Gasteiger partial charge < -0.3 is 16.0 Å². The third-order valence-corrected chi connectivity index (χ3v) is 5.18. The monoisotopic (exact) mass is 535 g/mol. The average molecular weight is 536 g/mol. The third kappa shape index (κ3) is 8.32. The summed E-state index contributed by atoms with van der Waals surface area (Å²) in [6, 6.07) is 5.47. The minimum Gasteiger partial charge on any atom is -0.357 e. The molecule has 2 rings (SSSR count). The van der Waals surface area contributed by atoms with Gasteiger partial charge in [-0.3, -0.25) is 9.79 Å². The van der Waals surface area contributed by atoms with Gasteiger partial charge in [0.15, 0.2) is 5.96 Å². The predicted octanol–water partition coefficient (Wildman–Crippen LogP) is 4.16. The molecule has 1 amide bonds. The Morgan fingerprint density at radius 3 is 2.75 bits per heavy atom. The van der Waals surface area contributed by atoms with Crippen LogP contribution in [-0.4, -0.2) is 36.5 Å². The summed E-state index contributed by atoms with van der Waals surface area (Å²) < 4.78 is 0. The molecule has 0 aliphatic carbocycles. The highest BCUT2D eigenvalue weighted by atomic mass is 127. The van der Waals surface area contributed by atoms with Crippen molar-refractivity contribution in [2.24, 2.45) is 4.99 Å². The van der Waals surface area contributed by atoms with Gasteiger partial charge in [0.2, 0.25) is 5.91 Å². The molecule has 154 valence electrons. The van der Waals surface area contributed by atoms with Gasteiger partial charge >= 0.3 is 0 Å². The molecule has 3 N–H and O–H groups in total. The Hall–Kier alpha value is -1.39. The third-order valence-electron chi connectivity index (χ3n) is 3.80. The van der Waals surface area contributed by atoms with Gasteiger partial charge in [0.25, 0.3) is 0 Å². The molecule has 28 heavy (non-hydrogen) atoms. The lowest BCUT2D eigenvalue weighted by atomic mass is 10.2. The highest BCUT2D eigenvalue weighted by Crippen LogP contribution is 2.22. The van der Waals surface area contributed by atoms with E-state index in [1.807, 2.05) is 39.1 Å². The largest absolute Gasteiger partial charge is 0.357 e. The Kier molecular flexibility index (Phi) is 11.4. The Labute approximate surface area is 192 Å². The van der Waals surface area contributed by atoms with E-state index in [1.165, 1.54) is 4.88 Å². The number of aromatic nitrogens is 1. The SMILES string of the molecule is CCNC(=NCCc1ncc(C)s1)NCCC(=O)Nc1cccc(Cl)c1C.I. The molecule has 0 unspecified atom stereocenters. The van der Waals surface area contributed by atoms with Gasteiger partial charge in [-0.05, 0) is 38.5 Å². The zero-order valence-electron chi connectivity index (χ0n) is 16.3. The van der Waals surface area contributed by atoms with Crippen molar-refractivity contribution in [2.45, 2.75) is 33.6 Å². The van der Waals surface area contributed by atoms with E-state index in [9.17, 15) is 4.79 Å². The van der Waals surface area contributed by atoms with E-state index < -0.39 is 0 Å². The van der Waals surface area contributed by atoms with Crippen molar-refractivity contribution in [2.75, 3.05) is 25.0 Å². The average Bonchev–Trinajstić information content (AvgIpc) is 3.04. The highest BCUT2D eigenvalue weighted by molar-refractivity contribution is 14.0. The topological polar surface area (TPSA) is 78.4 Å². The molecule has 0 aliphatic rings. The molecule has 0 bridgehead atoms. The second-order valence-corrected chi connectivity index (χ2v) is 7.74. The number of nitrogens with zero attached hydrogens (tertiary/aromatic N) is 2. The van der Waals surface area contributed by atoms with Crippen molar-refractivity contribution in [1.29, 1.82) is 0 Å². The van der Waals surface area contributed by atoms with Gasteiger partial charge in [-0.2, -0.15) is 0 Å². The molecule has 6 nitrogen and oxygen atoms in total. The number of benzene rings is 1. The van der Waals surface area contributed by atoms with Crippen LogP contribution in [0, 0.1) is 13.8 Å². The quantitative estimate of drug-likeness (QED) is 0.270. The second-order valence-electron chi connectivity index (χ2n) is 6.01. The molecule has 0 fully saturated rings. The molecule has 1 aromatic carbocycles. The number of guanidine groups is 1. The highest BCUT2D eigenvalue weighted by Gasteiger charge is 2.07. The Morgan fingerprint density at radius 1 is 1.29 bits per heavy atom. The summed E-state index contributed by atoms with van der Waals surface area (Å²) in [7, 11) is 0. The minimum atomic E-state index is -0.0676. The molecule has 0 saturated heterocycles. The first kappa shape index (κ1) is 24.6. The van der Waals surface area contributed by atoms with Gasteiger partial charge in [0.05, 0.1) is 5.01 Å². The fourth-order valence-electron chi connectivity index (χ4n) is 2.37. The lowest BCUT2D eigenvalue weighted by Crippen LogP contribution is -2.38. The molecule has 1 heterocycles. The van der Waals surface area contributed by atoms with Crippen molar-refractivity contribution >= 4 is 64.5 Å². The lowest BCUT2D eigenvalue weighted by Gasteiger charge is -2.12. The number of rotatable bonds is 8. The maximum atomic E-state index is 12.2. The van der Waals surface area contributed by atoms with Crippen LogP contribution in [0.25, 0.3) is 0 Å². The van der Waals surface area contributed by atoms with Crippen molar-refractivity contribution in [3.63, 3.8) is 0 Å². The van der Waals surface area contributed by atoms with Crippen LogP contribution in [0.4, 0.5) is 5.69 Å². The van der Waals surface area contributed by atoms with E-state index in [-0.39, 0.29) is 29.9 Å². The standard InChI is InChI=1S/C19H26ClN5OS.HI/c1-4-21-19(23-11-9-18-24-12-13(2)27-18)22-10-8-17(26)25-16-7-5-6-15(20)14(16)3;/h5-7,12H,4,8-11H2,1-3H3,(H,25,26)(H2,21,22,23);1H. The van der Waals surface area contributed by atoms with Crippen LogP contribution in [0.5, 0.6) is 0 Å². The fourth-order valence-corrected chi connectivity index (χ4v) is 3.32. The summed E-state index contributed by atoms with van der Waals surface area (Å²) in [6.45, 7) is 7.85. The molecule has 0 spiro atoms. The van der Waals surface area contributed by atoms with E-state index >= 15 is 0 Å². The van der Waals surface area contributed by atoms with E-state index in [2.05, 4.69) is 25.9 Å². The number of hydrogen-bond donors (Lipinski definition) is 3. The number of hydrogen-bond acceptors (Lipinski definition) is 4. The van der Waals surface area contributed by atoms with E-state index in [0.717, 1.165) is 29.2 Å². The summed E-state index contributed by atoms with van der Waals surface area (Å²) in [6.07, 6.45) is 3.03. The van der Waals surface area contributed by atoms with Gasteiger partial charge in [-0.1, -0.05) is 17.7 Å². The smallest absolute Gasteiger partial charge is 0.226 e. The number of thiazole rings is 1. The number of carbonyl (C=O) groups is 1. The Balaban J connectivity index is 0.00000392. The first-order chi connectivity index (χ1) is 13.0. The van der Waals surface area contributed by atoms with Crippen LogP contribution in [-0.2, 0) is 11.2 Å². The fraction of sp³-hybridized carbons (Fsp3) is 0.421. The van der Waals surface area contributed by atoms with Crippen LogP contribution in [0.1, 0.15) is 28.8 Å². The van der Waals surface area contributed by atoms with Crippen molar-refractivity contribution in [1.82, 2.24) is 15.6 Å². The lowest BCUT2D eigenvalue weighted by molar-refractivity contribution is -0.116. The first-order valence-electron chi connectivity index (χ1n) is 8.98. The first-order valence-corrected chi connectivity index (χ1v) is 10.2. The molecule has 0 saturated carbocycles. The Morgan fingerprint density at radius 2 is 2.07 bits per heavy atom. The van der Waals surface area contributed by atoms with Crippen LogP contribution in [0.15, 0.2) is 29.4 Å². The summed E-state index contributed by atoms with van der Waals surface area (Å²) in [5.41, 5.74) is 1.61. The minimum absolute atomic E-state index is 0. The molecular formula is C19H27ClIN5OS. The van der Waals surface area contributed by atoms with Gasteiger partial charge in [-0.15, -0.1) is 35.3 Å². The van der Waals surface area contributed by atoms with Crippen molar-refractivity contribution < 1.29 is 4.79 Å². The summed E-state index contributed by atoms with van der Waals surface area (Å²) >= 11 is 7.77. The van der Waals surface area contributed by atoms with Crippen molar-refractivity contribution in [3.8, 4) is 0 Å². The maximum absolute atomic E-state index is 12.2. The summed E-state index contributed by atoms with van der Waals surface area (Å²) in [5.74, 6) is 0.638. The molecule has 0 aliphatic heterocycles. The van der Waals surface area contributed by atoms with E-state index in [0.29, 0.717) is 30.5 Å². The van der Waals surface area contributed by atoms with Crippen molar-refractivity contribution in [3.05, 3.63) is 44.9 Å². The zero-order valence-corrected chi connectivity index (χ0v) is 20.2. The summed E-state index contributed by atoms with van der Waals surface area (Å²) in [4.78, 5) is 22.2. The van der Waals surface area contributed by atoms with Gasteiger partial charge in [0, 0.05) is 54.3 Å². The van der Waals surface area contributed by atoms with Crippen LogP contribution in [0.3, 0.4) is 0 Å². The van der Waals surface area contributed by atoms with Crippen LogP contribution < -0.4 is 16.0 Å². The number of nitrogens with one attached hydrogen (secondary N) is 3. The second kappa shape index (κ2) is 12.9. The molecule has 1 aromatic heterocycles. The molecule has 0 atom stereocenters. The summed E-state index contributed by atoms with van der Waals surface area (Å²) in [5, 5.41) is 11.0. The molecule has 9 heteroatoms. The number of halogens is 2. The molecule has 0 radical (unpaired) electrons. The van der Waals surface area contributed by atoms with Crippen LogP contribution in [0.2, 0.25) is 5.02 Å². The maximum Gasteiger partial charge on any atom is 0.226 e. The van der Waals surface area contributed by atoms with Crippen LogP contribution >= 0.6 is 46.9 Å². The number of aryl methyl sites for hydroxylation is 1. The van der Waals surface area contributed by atoms with Gasteiger partial charge in [0.1, 0.15) is 0 Å². The zero-order chi connectivity index (χ0) is 19.6.